The zero-order chi connectivity index (χ0) is 21.6. The molecule has 3 aromatic heterocycles. The first kappa shape index (κ1) is 21.3. The number of aromatic nitrogens is 4. The minimum absolute atomic E-state index is 0.00801. The number of para-hydroxylation sites is 1. The van der Waals surface area contributed by atoms with Gasteiger partial charge in [-0.05, 0) is 55.5 Å². The number of thiophene rings is 1. The Hall–Kier alpha value is -2.97. The van der Waals surface area contributed by atoms with Crippen molar-refractivity contribution in [1.29, 1.82) is 0 Å². The van der Waals surface area contributed by atoms with Gasteiger partial charge in [-0.1, -0.05) is 36.0 Å². The lowest BCUT2D eigenvalue weighted by Crippen LogP contribution is -2.32. The fourth-order valence-electron chi connectivity index (χ4n) is 3.18. The Kier molecular flexibility index (Phi) is 6.79. The first-order valence-corrected chi connectivity index (χ1v) is 11.8. The number of nitrogens with zero attached hydrogens (tertiary/aromatic N) is 4. The van der Waals surface area contributed by atoms with Gasteiger partial charge >= 0.3 is 0 Å². The van der Waals surface area contributed by atoms with Crippen molar-refractivity contribution in [3.8, 4) is 17.1 Å². The standard InChI is InChI=1S/C23H23N5OS2/c1-16-6-3-4-8-20(16)28-21(18-9-12-24-13-10-18)26-27-23(28)31-17(2)22(29)25-14-11-19-7-5-15-30-19/h3-10,12-13,15,17H,11,14H2,1-2H3,(H,25,29). The molecular weight excluding hydrogens is 426 g/mol. The number of rotatable bonds is 8. The van der Waals surface area contributed by atoms with Gasteiger partial charge in [-0.15, -0.1) is 21.5 Å². The van der Waals surface area contributed by atoms with Crippen molar-refractivity contribution in [1.82, 2.24) is 25.1 Å². The lowest BCUT2D eigenvalue weighted by molar-refractivity contribution is -0.120. The molecule has 0 radical (unpaired) electrons. The van der Waals surface area contributed by atoms with Crippen molar-refractivity contribution in [2.45, 2.75) is 30.7 Å². The minimum atomic E-state index is -0.305. The zero-order valence-corrected chi connectivity index (χ0v) is 19.0. The van der Waals surface area contributed by atoms with Crippen LogP contribution in [0.3, 0.4) is 0 Å². The summed E-state index contributed by atoms with van der Waals surface area (Å²) in [5, 5.41) is 14.3. The first-order chi connectivity index (χ1) is 15.1. The van der Waals surface area contributed by atoms with Gasteiger partial charge in [0.15, 0.2) is 11.0 Å². The molecule has 4 rings (SSSR count). The largest absolute Gasteiger partial charge is 0.355 e. The Balaban J connectivity index is 1.56. The fraction of sp³-hybridized carbons (Fsp3) is 0.217. The molecule has 0 spiro atoms. The van der Waals surface area contributed by atoms with Crippen LogP contribution >= 0.6 is 23.1 Å². The lowest BCUT2D eigenvalue weighted by Gasteiger charge is -2.15. The molecule has 6 nitrogen and oxygen atoms in total. The number of thioether (sulfide) groups is 1. The van der Waals surface area contributed by atoms with Crippen LogP contribution in [0.1, 0.15) is 17.4 Å². The molecule has 3 heterocycles. The number of carbonyl (C=O) groups is 1. The van der Waals surface area contributed by atoms with Gasteiger partial charge in [0.25, 0.3) is 0 Å². The molecule has 158 valence electrons. The van der Waals surface area contributed by atoms with E-state index in [1.807, 2.05) is 47.9 Å². The second kappa shape index (κ2) is 9.89. The predicted molar refractivity (Wildman–Crippen MR) is 126 cm³/mol. The van der Waals surface area contributed by atoms with Crippen LogP contribution in [0.15, 0.2) is 71.5 Å². The maximum Gasteiger partial charge on any atom is 0.233 e. The molecule has 4 aromatic rings. The summed E-state index contributed by atoms with van der Waals surface area (Å²) in [4.78, 5) is 18.0. The highest BCUT2D eigenvalue weighted by atomic mass is 32.2. The predicted octanol–water partition coefficient (Wildman–Crippen LogP) is 4.54. The summed E-state index contributed by atoms with van der Waals surface area (Å²) >= 11 is 3.11. The summed E-state index contributed by atoms with van der Waals surface area (Å²) < 4.78 is 2.02. The Morgan fingerprint density at radius 3 is 2.68 bits per heavy atom. The molecule has 0 aliphatic heterocycles. The molecule has 0 aliphatic carbocycles. The van der Waals surface area contributed by atoms with E-state index in [9.17, 15) is 4.79 Å². The number of hydrogen-bond acceptors (Lipinski definition) is 6. The van der Waals surface area contributed by atoms with Gasteiger partial charge in [-0.25, -0.2) is 0 Å². The van der Waals surface area contributed by atoms with E-state index in [2.05, 4.69) is 44.9 Å². The third-order valence-corrected chi connectivity index (χ3v) is 6.81. The van der Waals surface area contributed by atoms with Crippen LogP contribution in [0.2, 0.25) is 0 Å². The van der Waals surface area contributed by atoms with Crippen molar-refractivity contribution in [3.63, 3.8) is 0 Å². The lowest BCUT2D eigenvalue weighted by atomic mass is 10.2. The maximum absolute atomic E-state index is 12.7. The third kappa shape index (κ3) is 5.03. The molecule has 0 saturated carbocycles. The molecular formula is C23H23N5OS2. The molecule has 0 fully saturated rings. The van der Waals surface area contributed by atoms with Gasteiger partial charge in [-0.3, -0.25) is 14.3 Å². The molecule has 0 bridgehead atoms. The summed E-state index contributed by atoms with van der Waals surface area (Å²) in [6.07, 6.45) is 4.32. The summed E-state index contributed by atoms with van der Waals surface area (Å²) in [7, 11) is 0. The minimum Gasteiger partial charge on any atom is -0.355 e. The maximum atomic E-state index is 12.7. The van der Waals surface area contributed by atoms with E-state index in [0.717, 1.165) is 29.1 Å². The summed E-state index contributed by atoms with van der Waals surface area (Å²) in [5.41, 5.74) is 3.02. The number of aryl methyl sites for hydroxylation is 1. The van der Waals surface area contributed by atoms with Crippen molar-refractivity contribution in [3.05, 3.63) is 76.7 Å². The third-order valence-electron chi connectivity index (χ3n) is 4.83. The highest BCUT2D eigenvalue weighted by Crippen LogP contribution is 2.31. The molecule has 8 heteroatoms. The fourth-order valence-corrected chi connectivity index (χ4v) is 4.78. The SMILES string of the molecule is Cc1ccccc1-n1c(SC(C)C(=O)NCCc2cccs2)nnc1-c1ccncc1. The topological polar surface area (TPSA) is 72.7 Å². The van der Waals surface area contributed by atoms with Crippen molar-refractivity contribution < 1.29 is 4.79 Å². The molecule has 0 aliphatic rings. The van der Waals surface area contributed by atoms with E-state index < -0.39 is 0 Å². The highest BCUT2D eigenvalue weighted by Gasteiger charge is 2.22. The molecule has 1 unspecified atom stereocenters. The van der Waals surface area contributed by atoms with E-state index in [0.29, 0.717) is 11.7 Å². The Morgan fingerprint density at radius 2 is 1.94 bits per heavy atom. The van der Waals surface area contributed by atoms with Gasteiger partial charge in [0.2, 0.25) is 5.91 Å². The summed E-state index contributed by atoms with van der Waals surface area (Å²) in [6.45, 7) is 4.58. The highest BCUT2D eigenvalue weighted by molar-refractivity contribution is 8.00. The number of pyridine rings is 1. The first-order valence-electron chi connectivity index (χ1n) is 10.0. The number of hydrogen-bond donors (Lipinski definition) is 1. The van der Waals surface area contributed by atoms with Crippen molar-refractivity contribution in [2.75, 3.05) is 6.54 Å². The van der Waals surface area contributed by atoms with Gasteiger partial charge in [0, 0.05) is 29.4 Å². The molecule has 1 aromatic carbocycles. The van der Waals surface area contributed by atoms with Gasteiger partial charge in [0.05, 0.1) is 10.9 Å². The number of nitrogens with one attached hydrogen (secondary N) is 1. The van der Waals surface area contributed by atoms with E-state index in [-0.39, 0.29) is 11.2 Å². The van der Waals surface area contributed by atoms with E-state index in [1.54, 1.807) is 23.7 Å². The van der Waals surface area contributed by atoms with Crippen LogP contribution in [0, 0.1) is 6.92 Å². The van der Waals surface area contributed by atoms with Crippen molar-refractivity contribution in [2.24, 2.45) is 0 Å². The second-order valence-corrected chi connectivity index (χ2v) is 9.38. The zero-order valence-electron chi connectivity index (χ0n) is 17.4. The molecule has 31 heavy (non-hydrogen) atoms. The quantitative estimate of drug-likeness (QED) is 0.400. The Labute approximate surface area is 189 Å². The van der Waals surface area contributed by atoms with Crippen LogP contribution in [-0.2, 0) is 11.2 Å². The van der Waals surface area contributed by atoms with Crippen molar-refractivity contribution >= 4 is 29.0 Å². The summed E-state index contributed by atoms with van der Waals surface area (Å²) in [5.74, 6) is 0.718. The van der Waals surface area contributed by atoms with E-state index in [4.69, 9.17) is 0 Å². The van der Waals surface area contributed by atoms with E-state index >= 15 is 0 Å². The molecule has 0 saturated heterocycles. The van der Waals surface area contributed by atoms with Gasteiger partial charge < -0.3 is 5.32 Å². The van der Waals surface area contributed by atoms with Crippen LogP contribution < -0.4 is 5.32 Å². The Morgan fingerprint density at radius 1 is 1.13 bits per heavy atom. The average Bonchev–Trinajstić information content (AvgIpc) is 3.45. The molecule has 1 N–H and O–H groups in total. The van der Waals surface area contributed by atoms with Crippen LogP contribution in [-0.4, -0.2) is 37.5 Å². The number of amides is 1. The van der Waals surface area contributed by atoms with Gasteiger partial charge in [-0.2, -0.15) is 0 Å². The van der Waals surface area contributed by atoms with Crippen LogP contribution in [0.5, 0.6) is 0 Å². The molecule has 1 atom stereocenters. The van der Waals surface area contributed by atoms with E-state index in [1.165, 1.54) is 16.6 Å². The second-order valence-electron chi connectivity index (χ2n) is 7.04. The van der Waals surface area contributed by atoms with Crippen LogP contribution in [0.25, 0.3) is 17.1 Å². The van der Waals surface area contributed by atoms with Crippen LogP contribution in [0.4, 0.5) is 0 Å². The normalized spacial score (nSPS) is 11.9. The number of benzene rings is 1. The Bertz CT molecular complexity index is 1140. The summed E-state index contributed by atoms with van der Waals surface area (Å²) in [6, 6.07) is 16.0. The average molecular weight is 450 g/mol. The monoisotopic (exact) mass is 449 g/mol. The smallest absolute Gasteiger partial charge is 0.233 e. The number of carbonyl (C=O) groups excluding carboxylic acids is 1. The van der Waals surface area contributed by atoms with Gasteiger partial charge in [0.1, 0.15) is 0 Å². The molecule has 1 amide bonds.